The fourth-order valence-electron chi connectivity index (χ4n) is 9.99. The third-order valence-electron chi connectivity index (χ3n) is 12.0. The summed E-state index contributed by atoms with van der Waals surface area (Å²) in [6.45, 7) is 12.6. The van der Waals surface area contributed by atoms with Crippen molar-refractivity contribution in [3.05, 3.63) is 0 Å². The van der Waals surface area contributed by atoms with Gasteiger partial charge in [0.05, 0.1) is 6.07 Å². The summed E-state index contributed by atoms with van der Waals surface area (Å²) in [5.74, 6) is 6.07. The molecule has 0 amide bonds. The second kappa shape index (κ2) is 9.85. The minimum Gasteiger partial charge on any atom is -0.198 e. The molecule has 4 aliphatic carbocycles. The summed E-state index contributed by atoms with van der Waals surface area (Å²) in [5.41, 5.74) is 0.812. The first-order valence-electron chi connectivity index (χ1n) is 14.2. The standard InChI is InChI=1S/C30H49Cl2N/c1-20(2)7-6-8-21(3)24-11-12-25-23-10-9-22-19-30(17-18-33,27(31)32)16-15-28(22,4)26(23)13-14-29(24,25)5/h20-27H,6-17,19H2,1-5H3/t21-,22?,23+,24-,25+,26+,28+,29-,30+/m1/s1. The third kappa shape index (κ3) is 4.52. The Morgan fingerprint density at radius 2 is 1.61 bits per heavy atom. The van der Waals surface area contributed by atoms with Crippen molar-refractivity contribution in [2.24, 2.45) is 57.7 Å². The number of hydrogen-bond acceptors (Lipinski definition) is 1. The van der Waals surface area contributed by atoms with Crippen molar-refractivity contribution in [1.29, 1.82) is 5.26 Å². The topological polar surface area (TPSA) is 23.8 Å². The van der Waals surface area contributed by atoms with Crippen molar-refractivity contribution in [3.8, 4) is 6.07 Å². The molecule has 33 heavy (non-hydrogen) atoms. The number of halogens is 2. The van der Waals surface area contributed by atoms with Crippen LogP contribution in [-0.2, 0) is 0 Å². The Labute approximate surface area is 214 Å². The maximum atomic E-state index is 9.49. The van der Waals surface area contributed by atoms with E-state index in [9.17, 15) is 5.26 Å². The van der Waals surface area contributed by atoms with Crippen LogP contribution in [0.15, 0.2) is 0 Å². The molecule has 0 aromatic rings. The van der Waals surface area contributed by atoms with Gasteiger partial charge in [-0.3, -0.25) is 0 Å². The van der Waals surface area contributed by atoms with E-state index in [2.05, 4.69) is 40.7 Å². The molecule has 0 N–H and O–H groups in total. The summed E-state index contributed by atoms with van der Waals surface area (Å²) in [6, 6.07) is 2.43. The van der Waals surface area contributed by atoms with E-state index in [0.29, 0.717) is 23.2 Å². The van der Waals surface area contributed by atoms with Crippen molar-refractivity contribution in [2.45, 2.75) is 123 Å². The average molecular weight is 495 g/mol. The largest absolute Gasteiger partial charge is 0.198 e. The first-order chi connectivity index (χ1) is 15.6. The molecule has 4 saturated carbocycles. The van der Waals surface area contributed by atoms with Gasteiger partial charge in [0.25, 0.3) is 0 Å². The normalized spacial score (nSPS) is 45.9. The highest BCUT2D eigenvalue weighted by Crippen LogP contribution is 2.70. The van der Waals surface area contributed by atoms with E-state index in [-0.39, 0.29) is 5.41 Å². The van der Waals surface area contributed by atoms with Crippen molar-refractivity contribution in [1.82, 2.24) is 0 Å². The highest BCUT2D eigenvalue weighted by molar-refractivity contribution is 6.44. The predicted octanol–water partition coefficient (Wildman–Crippen LogP) is 9.81. The molecule has 0 spiro atoms. The van der Waals surface area contributed by atoms with Crippen molar-refractivity contribution in [3.63, 3.8) is 0 Å². The molecule has 0 bridgehead atoms. The molecule has 1 unspecified atom stereocenters. The highest BCUT2D eigenvalue weighted by atomic mass is 35.5. The number of nitriles is 1. The van der Waals surface area contributed by atoms with Gasteiger partial charge < -0.3 is 0 Å². The lowest BCUT2D eigenvalue weighted by molar-refractivity contribution is -0.131. The maximum Gasteiger partial charge on any atom is 0.114 e. The summed E-state index contributed by atoms with van der Waals surface area (Å²) >= 11 is 13.0. The Kier molecular flexibility index (Phi) is 7.80. The monoisotopic (exact) mass is 493 g/mol. The fourth-order valence-corrected chi connectivity index (χ4v) is 10.5. The lowest BCUT2D eigenvalue weighted by atomic mass is 9.42. The molecule has 9 atom stereocenters. The van der Waals surface area contributed by atoms with Crippen LogP contribution in [0.25, 0.3) is 0 Å². The Balaban J connectivity index is 1.47. The van der Waals surface area contributed by atoms with E-state index in [0.717, 1.165) is 48.3 Å². The lowest BCUT2D eigenvalue weighted by Crippen LogP contribution is -2.55. The van der Waals surface area contributed by atoms with Crippen LogP contribution in [-0.4, -0.2) is 4.84 Å². The van der Waals surface area contributed by atoms with E-state index in [1.54, 1.807) is 0 Å². The van der Waals surface area contributed by atoms with Gasteiger partial charge in [-0.25, -0.2) is 0 Å². The van der Waals surface area contributed by atoms with E-state index >= 15 is 0 Å². The Bertz CT molecular complexity index is 727. The van der Waals surface area contributed by atoms with Crippen LogP contribution in [0.1, 0.15) is 118 Å². The van der Waals surface area contributed by atoms with Crippen LogP contribution in [0.4, 0.5) is 0 Å². The van der Waals surface area contributed by atoms with Crippen LogP contribution in [0.2, 0.25) is 0 Å². The summed E-state index contributed by atoms with van der Waals surface area (Å²) in [6.07, 6.45) is 16.6. The van der Waals surface area contributed by atoms with Crippen LogP contribution < -0.4 is 0 Å². The molecule has 0 saturated heterocycles. The minimum atomic E-state index is -0.415. The zero-order chi connectivity index (χ0) is 24.0. The molecular formula is C30H49Cl2N. The molecule has 188 valence electrons. The predicted molar refractivity (Wildman–Crippen MR) is 141 cm³/mol. The van der Waals surface area contributed by atoms with E-state index < -0.39 is 4.84 Å². The van der Waals surface area contributed by atoms with Gasteiger partial charge in [0, 0.05) is 11.8 Å². The molecule has 0 aliphatic heterocycles. The van der Waals surface area contributed by atoms with Gasteiger partial charge in [0.2, 0.25) is 0 Å². The lowest BCUT2D eigenvalue weighted by Gasteiger charge is -2.63. The van der Waals surface area contributed by atoms with Crippen molar-refractivity contribution in [2.75, 3.05) is 0 Å². The van der Waals surface area contributed by atoms with E-state index in [4.69, 9.17) is 23.2 Å². The molecule has 4 rings (SSSR count). The summed E-state index contributed by atoms with van der Waals surface area (Å²) in [5, 5.41) is 9.49. The van der Waals surface area contributed by atoms with E-state index in [1.807, 2.05) is 0 Å². The number of nitrogens with zero attached hydrogens (tertiary/aromatic N) is 1. The zero-order valence-corrected chi connectivity index (χ0v) is 23.5. The first-order valence-corrected chi connectivity index (χ1v) is 15.1. The summed E-state index contributed by atoms with van der Waals surface area (Å²) < 4.78 is 0. The molecule has 0 aromatic carbocycles. The fraction of sp³-hybridized carbons (Fsp3) is 0.967. The van der Waals surface area contributed by atoms with Crippen LogP contribution in [0.3, 0.4) is 0 Å². The number of fused-ring (bicyclic) bond motifs is 5. The van der Waals surface area contributed by atoms with E-state index in [1.165, 1.54) is 64.2 Å². The Hall–Kier alpha value is 0.0700. The van der Waals surface area contributed by atoms with Gasteiger partial charge in [-0.15, -0.1) is 23.2 Å². The Morgan fingerprint density at radius 1 is 0.879 bits per heavy atom. The third-order valence-corrected chi connectivity index (χ3v) is 12.9. The smallest absolute Gasteiger partial charge is 0.114 e. The number of rotatable bonds is 7. The minimum absolute atomic E-state index is 0.179. The maximum absolute atomic E-state index is 9.49. The molecule has 0 radical (unpaired) electrons. The summed E-state index contributed by atoms with van der Waals surface area (Å²) in [7, 11) is 0. The summed E-state index contributed by atoms with van der Waals surface area (Å²) in [4.78, 5) is -0.415. The van der Waals surface area contributed by atoms with Crippen LogP contribution in [0, 0.1) is 69.0 Å². The second-order valence-electron chi connectivity index (χ2n) is 13.9. The quantitative estimate of drug-likeness (QED) is 0.323. The van der Waals surface area contributed by atoms with Gasteiger partial charge in [0.15, 0.2) is 0 Å². The van der Waals surface area contributed by atoms with Crippen molar-refractivity contribution >= 4 is 23.2 Å². The van der Waals surface area contributed by atoms with Gasteiger partial charge in [-0.1, -0.05) is 53.9 Å². The van der Waals surface area contributed by atoms with Crippen LogP contribution in [0.5, 0.6) is 0 Å². The number of hydrogen-bond donors (Lipinski definition) is 0. The van der Waals surface area contributed by atoms with Gasteiger partial charge in [-0.05, 0) is 110 Å². The molecule has 0 aromatic heterocycles. The van der Waals surface area contributed by atoms with Gasteiger partial charge in [0.1, 0.15) is 4.84 Å². The molecule has 1 nitrogen and oxygen atoms in total. The van der Waals surface area contributed by atoms with Gasteiger partial charge in [-0.2, -0.15) is 5.26 Å². The highest BCUT2D eigenvalue weighted by Gasteiger charge is 2.62. The molecule has 4 fully saturated rings. The first kappa shape index (κ1) is 26.1. The zero-order valence-electron chi connectivity index (χ0n) is 22.0. The molecule has 4 aliphatic rings. The molecule has 3 heteroatoms. The SMILES string of the molecule is CC(C)CCC[C@@H](C)[C@H]1CC[C@H]2[C@@H]3CCC4C[C@](CC#N)(C(Cl)Cl)CC[C@]4(C)[C@H]3CC[C@]12C. The molecular weight excluding hydrogens is 445 g/mol. The van der Waals surface area contributed by atoms with Gasteiger partial charge >= 0.3 is 0 Å². The average Bonchev–Trinajstić information content (AvgIpc) is 3.11. The number of alkyl halides is 2. The Morgan fingerprint density at radius 3 is 2.27 bits per heavy atom. The second-order valence-corrected chi connectivity index (χ2v) is 15.0. The molecule has 0 heterocycles. The van der Waals surface area contributed by atoms with Crippen molar-refractivity contribution < 1.29 is 0 Å². The van der Waals surface area contributed by atoms with Crippen LogP contribution >= 0.6 is 23.2 Å².